The molecule has 0 aliphatic rings. The van der Waals surface area contributed by atoms with E-state index in [1.807, 2.05) is 36.1 Å². The molecule has 0 heterocycles. The fourth-order valence-electron chi connectivity index (χ4n) is 2.04. The van der Waals surface area contributed by atoms with Gasteiger partial charge in [-0.05, 0) is 42.8 Å². The summed E-state index contributed by atoms with van der Waals surface area (Å²) in [6, 6.07) is 12.3. The molecule has 100 valence electrons. The first-order valence-corrected chi connectivity index (χ1v) is 7.53. The first-order chi connectivity index (χ1) is 9.15. The Hall–Kier alpha value is -1.06. The number of benzene rings is 2. The number of halogens is 3. The second-order valence-electron chi connectivity index (χ2n) is 4.13. The van der Waals surface area contributed by atoms with E-state index in [1.54, 1.807) is 6.07 Å². The van der Waals surface area contributed by atoms with Crippen molar-refractivity contribution in [1.82, 2.24) is 0 Å². The molecular weight excluding hydrogens is 329 g/mol. The molecule has 19 heavy (non-hydrogen) atoms. The van der Waals surface area contributed by atoms with Gasteiger partial charge in [0.15, 0.2) is 0 Å². The average Bonchev–Trinajstić information content (AvgIpc) is 2.40. The van der Waals surface area contributed by atoms with Crippen LogP contribution in [-0.4, -0.2) is 6.54 Å². The van der Waals surface area contributed by atoms with Crippen molar-refractivity contribution in [2.45, 2.75) is 12.3 Å². The van der Waals surface area contributed by atoms with Crippen molar-refractivity contribution in [3.05, 3.63) is 58.9 Å². The highest BCUT2D eigenvalue weighted by molar-refractivity contribution is 9.08. The molecule has 0 aliphatic carbocycles. The first kappa shape index (κ1) is 14.4. The van der Waals surface area contributed by atoms with E-state index in [0.717, 1.165) is 28.8 Å². The molecule has 0 radical (unpaired) electrons. The van der Waals surface area contributed by atoms with Gasteiger partial charge < -0.3 is 4.90 Å². The minimum atomic E-state index is -0.238. The highest BCUT2D eigenvalue weighted by Gasteiger charge is 2.12. The lowest BCUT2D eigenvalue weighted by Crippen LogP contribution is -2.17. The maximum Gasteiger partial charge on any atom is 0.125 e. The third-order valence-corrected chi connectivity index (χ3v) is 3.76. The number of hydrogen-bond acceptors (Lipinski definition) is 1. The highest BCUT2D eigenvalue weighted by atomic mass is 79.9. The molecule has 0 bridgehead atoms. The zero-order chi connectivity index (χ0) is 13.8. The Morgan fingerprint density at radius 3 is 2.63 bits per heavy atom. The van der Waals surface area contributed by atoms with Gasteiger partial charge in [-0.2, -0.15) is 0 Å². The van der Waals surface area contributed by atoms with E-state index in [-0.39, 0.29) is 5.82 Å². The topological polar surface area (TPSA) is 3.24 Å². The van der Waals surface area contributed by atoms with Crippen LogP contribution in [0.15, 0.2) is 42.5 Å². The summed E-state index contributed by atoms with van der Waals surface area (Å²) in [4.78, 5) is 2.05. The van der Waals surface area contributed by atoms with Gasteiger partial charge in [0.2, 0.25) is 0 Å². The summed E-state index contributed by atoms with van der Waals surface area (Å²) >= 11 is 9.55. The smallest absolute Gasteiger partial charge is 0.125 e. The zero-order valence-corrected chi connectivity index (χ0v) is 12.9. The molecule has 2 aromatic carbocycles. The van der Waals surface area contributed by atoms with Gasteiger partial charge in [0.1, 0.15) is 5.82 Å². The van der Waals surface area contributed by atoms with Crippen LogP contribution in [0.5, 0.6) is 0 Å². The van der Waals surface area contributed by atoms with Crippen LogP contribution >= 0.6 is 27.5 Å². The van der Waals surface area contributed by atoms with Gasteiger partial charge in [-0.3, -0.25) is 0 Å². The molecule has 0 saturated heterocycles. The molecule has 0 aromatic heterocycles. The fraction of sp³-hybridized carbons (Fsp3) is 0.200. The third-order valence-electron chi connectivity index (χ3n) is 2.92. The van der Waals surface area contributed by atoms with Gasteiger partial charge in [0.25, 0.3) is 0 Å². The monoisotopic (exact) mass is 341 g/mol. The van der Waals surface area contributed by atoms with Crippen LogP contribution < -0.4 is 4.90 Å². The molecule has 1 nitrogen and oxygen atoms in total. The maximum absolute atomic E-state index is 13.4. The Kier molecular flexibility index (Phi) is 4.83. The lowest BCUT2D eigenvalue weighted by atomic mass is 10.1. The summed E-state index contributed by atoms with van der Waals surface area (Å²) < 4.78 is 13.4. The normalized spacial score (nSPS) is 10.5. The molecule has 0 spiro atoms. The van der Waals surface area contributed by atoms with Crippen molar-refractivity contribution >= 4 is 38.9 Å². The van der Waals surface area contributed by atoms with Gasteiger partial charge in [-0.25, -0.2) is 4.39 Å². The molecule has 0 fully saturated rings. The van der Waals surface area contributed by atoms with E-state index in [2.05, 4.69) is 15.9 Å². The van der Waals surface area contributed by atoms with Crippen LogP contribution in [0.1, 0.15) is 12.5 Å². The Labute approximate surface area is 126 Å². The summed E-state index contributed by atoms with van der Waals surface area (Å²) in [6.45, 7) is 2.77. The Morgan fingerprint density at radius 1 is 1.21 bits per heavy atom. The van der Waals surface area contributed by atoms with Crippen molar-refractivity contribution in [2.75, 3.05) is 11.4 Å². The second-order valence-corrected chi connectivity index (χ2v) is 5.13. The molecule has 0 N–H and O–H groups in total. The van der Waals surface area contributed by atoms with Crippen LogP contribution in [0.3, 0.4) is 0 Å². The van der Waals surface area contributed by atoms with Gasteiger partial charge >= 0.3 is 0 Å². The molecule has 0 unspecified atom stereocenters. The van der Waals surface area contributed by atoms with E-state index < -0.39 is 0 Å². The van der Waals surface area contributed by atoms with Crippen LogP contribution in [-0.2, 0) is 5.33 Å². The average molecular weight is 343 g/mol. The molecule has 0 saturated carbocycles. The minimum absolute atomic E-state index is 0.238. The number of nitrogens with zero attached hydrogens (tertiary/aromatic N) is 1. The Morgan fingerprint density at radius 2 is 2.00 bits per heavy atom. The van der Waals surface area contributed by atoms with Crippen molar-refractivity contribution < 1.29 is 4.39 Å². The van der Waals surface area contributed by atoms with E-state index in [4.69, 9.17) is 11.6 Å². The number of alkyl halides is 1. The van der Waals surface area contributed by atoms with Gasteiger partial charge in [0.05, 0.1) is 0 Å². The van der Waals surface area contributed by atoms with E-state index in [0.29, 0.717) is 5.02 Å². The van der Waals surface area contributed by atoms with Crippen molar-refractivity contribution in [2.24, 2.45) is 0 Å². The van der Waals surface area contributed by atoms with Crippen molar-refractivity contribution in [3.8, 4) is 0 Å². The first-order valence-electron chi connectivity index (χ1n) is 6.03. The predicted molar refractivity (Wildman–Crippen MR) is 83.2 cm³/mol. The standard InChI is InChI=1S/C15H14BrClFN/c1-2-19(14-5-3-4-13(18)9-14)15-8-12(17)7-6-11(15)10-16/h3-9H,2,10H2,1H3. The van der Waals surface area contributed by atoms with E-state index in [9.17, 15) is 4.39 Å². The Bertz CT molecular complexity index is 574. The minimum Gasteiger partial charge on any atom is -0.341 e. The fourth-order valence-corrected chi connectivity index (χ4v) is 2.68. The highest BCUT2D eigenvalue weighted by Crippen LogP contribution is 2.32. The summed E-state index contributed by atoms with van der Waals surface area (Å²) in [6.07, 6.45) is 0. The number of hydrogen-bond donors (Lipinski definition) is 0. The molecule has 0 amide bonds. The number of anilines is 2. The molecule has 2 aromatic rings. The van der Waals surface area contributed by atoms with Gasteiger partial charge in [0, 0.05) is 28.3 Å². The van der Waals surface area contributed by atoms with E-state index in [1.165, 1.54) is 12.1 Å². The maximum atomic E-state index is 13.4. The third kappa shape index (κ3) is 3.28. The quantitative estimate of drug-likeness (QED) is 0.660. The van der Waals surface area contributed by atoms with Crippen molar-refractivity contribution in [1.29, 1.82) is 0 Å². The molecule has 0 aliphatic heterocycles. The molecule has 2 rings (SSSR count). The summed E-state index contributed by atoms with van der Waals surface area (Å²) in [7, 11) is 0. The lowest BCUT2D eigenvalue weighted by Gasteiger charge is -2.25. The van der Waals surface area contributed by atoms with Gasteiger partial charge in [-0.15, -0.1) is 0 Å². The summed E-state index contributed by atoms with van der Waals surface area (Å²) in [5.41, 5.74) is 2.94. The second kappa shape index (κ2) is 6.40. The summed E-state index contributed by atoms with van der Waals surface area (Å²) in [5.74, 6) is -0.238. The lowest BCUT2D eigenvalue weighted by molar-refractivity contribution is 0.627. The number of rotatable bonds is 4. The van der Waals surface area contributed by atoms with Crippen LogP contribution in [0.4, 0.5) is 15.8 Å². The molecular formula is C15H14BrClFN. The van der Waals surface area contributed by atoms with Crippen LogP contribution in [0, 0.1) is 5.82 Å². The molecule has 0 atom stereocenters. The molecule has 4 heteroatoms. The van der Waals surface area contributed by atoms with Crippen LogP contribution in [0.2, 0.25) is 5.02 Å². The Balaban J connectivity index is 2.50. The predicted octanol–water partition coefficient (Wildman–Crippen LogP) is 5.53. The SMILES string of the molecule is CCN(c1cccc(F)c1)c1cc(Cl)ccc1CBr. The van der Waals surface area contributed by atoms with Gasteiger partial charge in [-0.1, -0.05) is 39.7 Å². The zero-order valence-electron chi connectivity index (χ0n) is 10.5. The van der Waals surface area contributed by atoms with Crippen molar-refractivity contribution in [3.63, 3.8) is 0 Å². The largest absolute Gasteiger partial charge is 0.341 e. The van der Waals surface area contributed by atoms with E-state index >= 15 is 0 Å². The summed E-state index contributed by atoms with van der Waals surface area (Å²) in [5, 5.41) is 1.40. The van der Waals surface area contributed by atoms with Crippen LogP contribution in [0.25, 0.3) is 0 Å².